The summed E-state index contributed by atoms with van der Waals surface area (Å²) in [4.78, 5) is 2.29. The number of ether oxygens (including phenoxy) is 1. The Balaban J connectivity index is 2.47. The first-order valence-electron chi connectivity index (χ1n) is 7.90. The van der Waals surface area contributed by atoms with Gasteiger partial charge in [-0.1, -0.05) is 27.7 Å². The van der Waals surface area contributed by atoms with Crippen LogP contribution in [-0.4, -0.2) is 50.3 Å². The molecule has 114 valence electrons. The minimum absolute atomic E-state index is 0.435. The average molecular weight is 270 g/mol. The normalized spacial score (nSPS) is 26.4. The highest BCUT2D eigenvalue weighted by atomic mass is 16.5. The van der Waals surface area contributed by atoms with Crippen LogP contribution in [0, 0.1) is 11.8 Å². The molecule has 0 aromatic carbocycles. The lowest BCUT2D eigenvalue weighted by atomic mass is 9.94. The molecule has 0 amide bonds. The second-order valence-corrected chi connectivity index (χ2v) is 7.13. The van der Waals surface area contributed by atoms with E-state index in [2.05, 4.69) is 52.0 Å². The summed E-state index contributed by atoms with van der Waals surface area (Å²) in [6, 6.07) is 1.23. The van der Waals surface area contributed by atoms with Crippen molar-refractivity contribution in [1.82, 2.24) is 10.2 Å². The van der Waals surface area contributed by atoms with Crippen LogP contribution in [0.5, 0.6) is 0 Å². The zero-order valence-corrected chi connectivity index (χ0v) is 13.8. The van der Waals surface area contributed by atoms with Crippen LogP contribution in [-0.2, 0) is 4.74 Å². The lowest BCUT2D eigenvalue weighted by Gasteiger charge is -2.36. The largest absolute Gasteiger partial charge is 0.378 e. The van der Waals surface area contributed by atoms with Crippen LogP contribution < -0.4 is 5.32 Å². The molecule has 0 aromatic rings. The summed E-state index contributed by atoms with van der Waals surface area (Å²) in [6.45, 7) is 11.2. The van der Waals surface area contributed by atoms with Crippen molar-refractivity contribution in [3.63, 3.8) is 0 Å². The maximum atomic E-state index is 5.86. The van der Waals surface area contributed by atoms with E-state index in [1.54, 1.807) is 0 Å². The Morgan fingerprint density at radius 1 is 1.21 bits per heavy atom. The Morgan fingerprint density at radius 3 is 2.42 bits per heavy atom. The highest BCUT2D eigenvalue weighted by molar-refractivity contribution is 4.83. The monoisotopic (exact) mass is 270 g/mol. The van der Waals surface area contributed by atoms with E-state index in [0.717, 1.165) is 25.5 Å². The summed E-state index contributed by atoms with van der Waals surface area (Å²) in [5.41, 5.74) is 0. The van der Waals surface area contributed by atoms with E-state index in [1.165, 1.54) is 12.8 Å². The molecule has 1 saturated heterocycles. The van der Waals surface area contributed by atoms with Crippen molar-refractivity contribution in [3.8, 4) is 0 Å². The van der Waals surface area contributed by atoms with Crippen molar-refractivity contribution in [2.45, 2.75) is 65.1 Å². The Labute approximate surface area is 120 Å². The average Bonchev–Trinajstić information content (AvgIpc) is 2.27. The number of nitrogens with one attached hydrogen (secondary N) is 1. The van der Waals surface area contributed by atoms with Gasteiger partial charge in [0, 0.05) is 25.2 Å². The van der Waals surface area contributed by atoms with Gasteiger partial charge < -0.3 is 15.0 Å². The fraction of sp³-hybridized carbons (Fsp3) is 1.00. The van der Waals surface area contributed by atoms with Gasteiger partial charge in [-0.2, -0.15) is 0 Å². The molecule has 0 aromatic heterocycles. The highest BCUT2D eigenvalue weighted by Gasteiger charge is 2.26. The van der Waals surface area contributed by atoms with Gasteiger partial charge in [0.05, 0.1) is 6.10 Å². The Bertz CT molecular complexity index is 231. The maximum absolute atomic E-state index is 5.86. The third-order valence-corrected chi connectivity index (χ3v) is 3.87. The standard InChI is InChI=1S/C16H34N2O/c1-12(2)9-15(11-18(5)6)17-14-7-8-19-16(10-14)13(3)4/h12-17H,7-11H2,1-6H3. The lowest BCUT2D eigenvalue weighted by Crippen LogP contribution is -2.48. The van der Waals surface area contributed by atoms with Crippen molar-refractivity contribution in [1.29, 1.82) is 0 Å². The molecule has 0 aliphatic carbocycles. The van der Waals surface area contributed by atoms with Crippen molar-refractivity contribution in [2.24, 2.45) is 11.8 Å². The molecular weight excluding hydrogens is 236 g/mol. The molecule has 3 heteroatoms. The molecule has 19 heavy (non-hydrogen) atoms. The van der Waals surface area contributed by atoms with Gasteiger partial charge in [-0.15, -0.1) is 0 Å². The number of hydrogen-bond donors (Lipinski definition) is 1. The maximum Gasteiger partial charge on any atom is 0.0612 e. The predicted octanol–water partition coefficient (Wildman–Crippen LogP) is 2.76. The van der Waals surface area contributed by atoms with Crippen molar-refractivity contribution >= 4 is 0 Å². The van der Waals surface area contributed by atoms with Crippen LogP contribution >= 0.6 is 0 Å². The van der Waals surface area contributed by atoms with Gasteiger partial charge in [-0.3, -0.25) is 0 Å². The Kier molecular flexibility index (Phi) is 7.33. The summed E-state index contributed by atoms with van der Waals surface area (Å²) >= 11 is 0. The number of nitrogens with zero attached hydrogens (tertiary/aromatic N) is 1. The van der Waals surface area contributed by atoms with Crippen LogP contribution in [0.15, 0.2) is 0 Å². The second-order valence-electron chi connectivity index (χ2n) is 7.13. The van der Waals surface area contributed by atoms with Crippen molar-refractivity contribution < 1.29 is 4.74 Å². The van der Waals surface area contributed by atoms with Crippen molar-refractivity contribution in [2.75, 3.05) is 27.2 Å². The second kappa shape index (κ2) is 8.23. The molecule has 1 heterocycles. The third-order valence-electron chi connectivity index (χ3n) is 3.87. The summed E-state index contributed by atoms with van der Waals surface area (Å²) in [5.74, 6) is 1.38. The Morgan fingerprint density at radius 2 is 1.89 bits per heavy atom. The molecular formula is C16H34N2O. The zero-order valence-electron chi connectivity index (χ0n) is 13.8. The fourth-order valence-corrected chi connectivity index (χ4v) is 2.98. The van der Waals surface area contributed by atoms with E-state index in [0.29, 0.717) is 24.1 Å². The van der Waals surface area contributed by atoms with Gasteiger partial charge in [0.15, 0.2) is 0 Å². The lowest BCUT2D eigenvalue weighted by molar-refractivity contribution is -0.0266. The molecule has 1 aliphatic rings. The number of rotatable bonds is 7. The summed E-state index contributed by atoms with van der Waals surface area (Å²) < 4.78 is 5.86. The molecule has 1 N–H and O–H groups in total. The molecule has 0 bridgehead atoms. The van der Waals surface area contributed by atoms with E-state index < -0.39 is 0 Å². The first-order chi connectivity index (χ1) is 8.88. The molecule has 3 atom stereocenters. The van der Waals surface area contributed by atoms with E-state index in [9.17, 15) is 0 Å². The zero-order chi connectivity index (χ0) is 14.4. The first-order valence-corrected chi connectivity index (χ1v) is 7.90. The van der Waals surface area contributed by atoms with Gasteiger partial charge in [-0.05, 0) is 45.2 Å². The van der Waals surface area contributed by atoms with E-state index >= 15 is 0 Å². The van der Waals surface area contributed by atoms with E-state index in [4.69, 9.17) is 4.74 Å². The molecule has 3 unspecified atom stereocenters. The molecule has 0 spiro atoms. The third kappa shape index (κ3) is 6.73. The molecule has 1 rings (SSSR count). The molecule has 0 saturated carbocycles. The summed E-state index contributed by atoms with van der Waals surface area (Å²) in [6.07, 6.45) is 4.01. The van der Waals surface area contributed by atoms with Crippen molar-refractivity contribution in [3.05, 3.63) is 0 Å². The van der Waals surface area contributed by atoms with Crippen LogP contribution in [0.25, 0.3) is 0 Å². The SMILES string of the molecule is CC(C)CC(CN(C)C)NC1CCOC(C(C)C)C1. The number of hydrogen-bond acceptors (Lipinski definition) is 3. The molecule has 1 aliphatic heterocycles. The highest BCUT2D eigenvalue weighted by Crippen LogP contribution is 2.21. The van der Waals surface area contributed by atoms with Gasteiger partial charge in [0.25, 0.3) is 0 Å². The van der Waals surface area contributed by atoms with Gasteiger partial charge >= 0.3 is 0 Å². The van der Waals surface area contributed by atoms with Crippen LogP contribution in [0.1, 0.15) is 47.0 Å². The summed E-state index contributed by atoms with van der Waals surface area (Å²) in [7, 11) is 4.33. The number of likely N-dealkylation sites (N-methyl/N-ethyl adjacent to an activating group) is 1. The van der Waals surface area contributed by atoms with Crippen LogP contribution in [0.3, 0.4) is 0 Å². The minimum atomic E-state index is 0.435. The van der Waals surface area contributed by atoms with Gasteiger partial charge in [0.2, 0.25) is 0 Å². The minimum Gasteiger partial charge on any atom is -0.378 e. The predicted molar refractivity (Wildman–Crippen MR) is 82.5 cm³/mol. The quantitative estimate of drug-likeness (QED) is 0.770. The van der Waals surface area contributed by atoms with E-state index in [-0.39, 0.29) is 0 Å². The van der Waals surface area contributed by atoms with Gasteiger partial charge in [0.1, 0.15) is 0 Å². The Hall–Kier alpha value is -0.120. The molecule has 3 nitrogen and oxygen atoms in total. The topological polar surface area (TPSA) is 24.5 Å². The van der Waals surface area contributed by atoms with Gasteiger partial charge in [-0.25, -0.2) is 0 Å². The fourth-order valence-electron chi connectivity index (χ4n) is 2.98. The van der Waals surface area contributed by atoms with Crippen LogP contribution in [0.4, 0.5) is 0 Å². The molecule has 1 fully saturated rings. The van der Waals surface area contributed by atoms with Crippen LogP contribution in [0.2, 0.25) is 0 Å². The first kappa shape index (κ1) is 16.9. The smallest absolute Gasteiger partial charge is 0.0612 e. The van der Waals surface area contributed by atoms with E-state index in [1.807, 2.05) is 0 Å². The summed E-state index contributed by atoms with van der Waals surface area (Å²) in [5, 5.41) is 3.88. The molecule has 0 radical (unpaired) electrons.